The third-order valence-electron chi connectivity index (χ3n) is 3.20. The van der Waals surface area contributed by atoms with Crippen LogP contribution < -0.4 is 16.8 Å². The smallest absolute Gasteiger partial charge is 0.150 e. The van der Waals surface area contributed by atoms with E-state index < -0.39 is 12.1 Å². The number of hydrogen-bond donors (Lipinski definition) is 5. The fourth-order valence-electron chi connectivity index (χ4n) is 1.87. The molecule has 3 atom stereocenters. The second kappa shape index (κ2) is 7.89. The fraction of sp³-hybridized carbons (Fsp3) is 0.538. The van der Waals surface area contributed by atoms with Crippen molar-refractivity contribution < 1.29 is 14.9 Å². The number of nitrogens with two attached hydrogens (primary N) is 2. The summed E-state index contributed by atoms with van der Waals surface area (Å²) < 4.78 is 5.02. The van der Waals surface area contributed by atoms with E-state index in [0.717, 1.165) is 0 Å². The van der Waals surface area contributed by atoms with E-state index in [9.17, 15) is 5.11 Å². The van der Waals surface area contributed by atoms with Crippen molar-refractivity contribution in [2.75, 3.05) is 31.8 Å². The van der Waals surface area contributed by atoms with Gasteiger partial charge in [-0.25, -0.2) is 9.97 Å². The summed E-state index contributed by atoms with van der Waals surface area (Å²) in [6.07, 6.45) is 0.363. The first kappa shape index (κ1) is 17.3. The maximum absolute atomic E-state index is 9.76. The van der Waals surface area contributed by atoms with Gasteiger partial charge in [0.2, 0.25) is 0 Å². The lowest BCUT2D eigenvalue weighted by Crippen LogP contribution is -2.49. The van der Waals surface area contributed by atoms with Crippen LogP contribution in [0.4, 0.5) is 11.5 Å². The normalized spacial score (nSPS) is 15.4. The molecule has 3 unspecified atom stereocenters. The molecule has 21 heavy (non-hydrogen) atoms. The lowest BCUT2D eigenvalue weighted by molar-refractivity contribution is 0.0295. The van der Waals surface area contributed by atoms with Gasteiger partial charge >= 0.3 is 0 Å². The van der Waals surface area contributed by atoms with Crippen molar-refractivity contribution in [3.8, 4) is 0 Å². The molecular formula is C13H23N5O3. The Kier molecular flexibility index (Phi) is 6.50. The van der Waals surface area contributed by atoms with Crippen LogP contribution >= 0.6 is 0 Å². The largest absolute Gasteiger partial charge is 0.394 e. The van der Waals surface area contributed by atoms with E-state index in [4.69, 9.17) is 21.3 Å². The van der Waals surface area contributed by atoms with Crippen molar-refractivity contribution in [1.82, 2.24) is 15.3 Å². The van der Waals surface area contributed by atoms with Gasteiger partial charge in [-0.3, -0.25) is 0 Å². The standard InChI is InChI=1S/C13H23N5O3/c1-7(12-11(14)13(15)17-6-16-12)8(2)18-9(5-21-3)10(20)4-19/h6,8-10,18-20H,1,4-5,14H2,2-3H3,(H2,15,16,17). The highest BCUT2D eigenvalue weighted by atomic mass is 16.5. The molecule has 0 aliphatic rings. The van der Waals surface area contributed by atoms with Gasteiger partial charge in [-0.05, 0) is 12.5 Å². The SMILES string of the molecule is C=C(c1ncnc(N)c1N)C(C)NC(COC)C(O)CO. The van der Waals surface area contributed by atoms with Crippen LogP contribution in [-0.2, 0) is 4.74 Å². The molecule has 0 aromatic carbocycles. The lowest BCUT2D eigenvalue weighted by atomic mass is 10.0. The molecule has 1 heterocycles. The van der Waals surface area contributed by atoms with Crippen molar-refractivity contribution in [3.63, 3.8) is 0 Å². The number of nitrogens with zero attached hydrogens (tertiary/aromatic N) is 2. The van der Waals surface area contributed by atoms with Crippen molar-refractivity contribution in [2.45, 2.75) is 25.1 Å². The highest BCUT2D eigenvalue weighted by molar-refractivity contribution is 5.78. The first-order valence-electron chi connectivity index (χ1n) is 6.51. The van der Waals surface area contributed by atoms with E-state index in [1.54, 1.807) is 0 Å². The maximum Gasteiger partial charge on any atom is 0.150 e. The summed E-state index contributed by atoms with van der Waals surface area (Å²) in [5.41, 5.74) is 12.8. The third kappa shape index (κ3) is 4.36. The third-order valence-corrected chi connectivity index (χ3v) is 3.20. The molecule has 8 heteroatoms. The number of hydrogen-bond acceptors (Lipinski definition) is 8. The molecule has 1 aromatic heterocycles. The molecule has 0 saturated heterocycles. The minimum Gasteiger partial charge on any atom is -0.394 e. The van der Waals surface area contributed by atoms with E-state index in [-0.39, 0.29) is 30.8 Å². The Morgan fingerprint density at radius 2 is 2.14 bits per heavy atom. The average molecular weight is 297 g/mol. The monoisotopic (exact) mass is 297 g/mol. The van der Waals surface area contributed by atoms with Crippen LogP contribution in [0.5, 0.6) is 0 Å². The number of methoxy groups -OCH3 is 1. The molecule has 1 rings (SSSR count). The summed E-state index contributed by atoms with van der Waals surface area (Å²) in [6, 6.07) is -0.713. The number of nitrogens with one attached hydrogen (secondary N) is 1. The fourth-order valence-corrected chi connectivity index (χ4v) is 1.87. The Balaban J connectivity index is 2.84. The summed E-state index contributed by atoms with van der Waals surface area (Å²) in [4.78, 5) is 7.88. The van der Waals surface area contributed by atoms with E-state index in [2.05, 4.69) is 21.9 Å². The maximum atomic E-state index is 9.76. The molecule has 7 N–H and O–H groups in total. The highest BCUT2D eigenvalue weighted by Crippen LogP contribution is 2.23. The van der Waals surface area contributed by atoms with Gasteiger partial charge in [0.05, 0.1) is 31.1 Å². The lowest BCUT2D eigenvalue weighted by Gasteiger charge is -2.27. The number of ether oxygens (including phenoxy) is 1. The van der Waals surface area contributed by atoms with Gasteiger partial charge in [0, 0.05) is 13.2 Å². The summed E-state index contributed by atoms with van der Waals surface area (Å²) in [5, 5.41) is 21.9. The van der Waals surface area contributed by atoms with Gasteiger partial charge in [-0.1, -0.05) is 6.58 Å². The first-order valence-corrected chi connectivity index (χ1v) is 6.51. The molecule has 118 valence electrons. The van der Waals surface area contributed by atoms with Gasteiger partial charge in [0.15, 0.2) is 5.82 Å². The van der Waals surface area contributed by atoms with E-state index >= 15 is 0 Å². The quantitative estimate of drug-likeness (QED) is 0.411. The van der Waals surface area contributed by atoms with Gasteiger partial charge in [-0.2, -0.15) is 0 Å². The number of aliphatic hydroxyl groups is 2. The summed E-state index contributed by atoms with van der Waals surface area (Å²) in [7, 11) is 1.52. The second-order valence-corrected chi connectivity index (χ2v) is 4.75. The topological polar surface area (TPSA) is 140 Å². The molecule has 0 bridgehead atoms. The molecule has 1 aromatic rings. The number of anilines is 2. The molecule has 0 aliphatic heterocycles. The minimum atomic E-state index is -0.951. The zero-order chi connectivity index (χ0) is 16.0. The van der Waals surface area contributed by atoms with Crippen molar-refractivity contribution in [1.29, 1.82) is 0 Å². The van der Waals surface area contributed by atoms with Crippen molar-refractivity contribution in [3.05, 3.63) is 18.6 Å². The van der Waals surface area contributed by atoms with Gasteiger partial charge in [0.1, 0.15) is 12.0 Å². The van der Waals surface area contributed by atoms with Crippen LogP contribution in [0.2, 0.25) is 0 Å². The number of rotatable bonds is 8. The van der Waals surface area contributed by atoms with E-state index in [1.165, 1.54) is 13.4 Å². The van der Waals surface area contributed by atoms with Crippen molar-refractivity contribution >= 4 is 17.1 Å². The van der Waals surface area contributed by atoms with Crippen LogP contribution in [0.15, 0.2) is 12.9 Å². The Hall–Kier alpha value is -1.74. The van der Waals surface area contributed by atoms with Gasteiger partial charge < -0.3 is 31.7 Å². The van der Waals surface area contributed by atoms with Crippen LogP contribution in [0.1, 0.15) is 12.6 Å². The Morgan fingerprint density at radius 3 is 2.71 bits per heavy atom. The van der Waals surface area contributed by atoms with E-state index in [1.807, 2.05) is 6.92 Å². The minimum absolute atomic E-state index is 0.192. The Morgan fingerprint density at radius 1 is 1.48 bits per heavy atom. The molecule has 8 nitrogen and oxygen atoms in total. The van der Waals surface area contributed by atoms with Gasteiger partial charge in [-0.15, -0.1) is 0 Å². The molecule has 0 saturated carbocycles. The Bertz CT molecular complexity index is 483. The molecule has 0 aliphatic carbocycles. The average Bonchev–Trinajstić information content (AvgIpc) is 2.48. The van der Waals surface area contributed by atoms with E-state index in [0.29, 0.717) is 11.3 Å². The second-order valence-electron chi connectivity index (χ2n) is 4.75. The predicted molar refractivity (Wildman–Crippen MR) is 81.2 cm³/mol. The number of nitrogen functional groups attached to an aromatic ring is 2. The summed E-state index contributed by atoms with van der Waals surface area (Å²) in [5.74, 6) is 0.192. The highest BCUT2D eigenvalue weighted by Gasteiger charge is 2.23. The van der Waals surface area contributed by atoms with Crippen LogP contribution in [0.3, 0.4) is 0 Å². The summed E-state index contributed by atoms with van der Waals surface area (Å²) in [6.45, 7) is 5.66. The molecule has 0 amide bonds. The van der Waals surface area contributed by atoms with Crippen LogP contribution in [-0.4, -0.2) is 58.7 Å². The van der Waals surface area contributed by atoms with Gasteiger partial charge in [0.25, 0.3) is 0 Å². The molecule has 0 spiro atoms. The molecule has 0 fully saturated rings. The zero-order valence-electron chi connectivity index (χ0n) is 12.3. The summed E-state index contributed by atoms with van der Waals surface area (Å²) >= 11 is 0. The predicted octanol–water partition coefficient (Wildman–Crippen LogP) is -0.999. The number of aliphatic hydroxyl groups excluding tert-OH is 2. The first-order chi connectivity index (χ1) is 9.92. The Labute approximate surface area is 123 Å². The van der Waals surface area contributed by atoms with Crippen LogP contribution in [0, 0.1) is 0 Å². The zero-order valence-corrected chi connectivity index (χ0v) is 12.3. The molecule has 0 radical (unpaired) electrons. The number of aromatic nitrogens is 2. The van der Waals surface area contributed by atoms with Crippen molar-refractivity contribution in [2.24, 2.45) is 0 Å². The molecular weight excluding hydrogens is 274 g/mol. The van der Waals surface area contributed by atoms with Crippen LogP contribution in [0.25, 0.3) is 5.57 Å².